The third-order valence-corrected chi connectivity index (χ3v) is 2.63. The molecule has 0 fully saturated rings. The van der Waals surface area contributed by atoms with Gasteiger partial charge in [0.2, 0.25) is 0 Å². The maximum Gasteiger partial charge on any atom is 0.337 e. The molecule has 0 saturated heterocycles. The number of nitrogens with zero attached hydrogens (tertiary/aromatic N) is 3. The smallest absolute Gasteiger partial charge is 0.337 e. The molecule has 1 aliphatic rings. The van der Waals surface area contributed by atoms with Crippen molar-refractivity contribution in [2.24, 2.45) is 5.11 Å². The highest BCUT2D eigenvalue weighted by atomic mass is 16.5. The number of azide groups is 1. The second-order valence-corrected chi connectivity index (χ2v) is 3.60. The summed E-state index contributed by atoms with van der Waals surface area (Å²) >= 11 is 0. The summed E-state index contributed by atoms with van der Waals surface area (Å²) in [5.74, 6) is 0.236. The molecular weight excluding hydrogens is 222 g/mol. The van der Waals surface area contributed by atoms with Gasteiger partial charge in [0.25, 0.3) is 0 Å². The van der Waals surface area contributed by atoms with Crippen LogP contribution in [-0.2, 0) is 4.74 Å². The molecule has 1 heterocycles. The predicted molar refractivity (Wildman–Crippen MR) is 59.8 cm³/mol. The number of benzene rings is 1. The normalized spacial score (nSPS) is 17.4. The summed E-state index contributed by atoms with van der Waals surface area (Å²) in [6, 6.07) is 4.69. The molecule has 1 aliphatic heterocycles. The minimum Gasteiger partial charge on any atom is -0.493 e. The van der Waals surface area contributed by atoms with Gasteiger partial charge in [-0.1, -0.05) is 5.11 Å². The fraction of sp³-hybridized carbons (Fsp3) is 0.364. The molecule has 1 atom stereocenters. The summed E-state index contributed by atoms with van der Waals surface area (Å²) in [6.45, 7) is 0.508. The zero-order valence-electron chi connectivity index (χ0n) is 9.29. The van der Waals surface area contributed by atoms with E-state index in [2.05, 4.69) is 14.8 Å². The van der Waals surface area contributed by atoms with Gasteiger partial charge < -0.3 is 9.47 Å². The van der Waals surface area contributed by atoms with Crippen molar-refractivity contribution < 1.29 is 14.3 Å². The fourth-order valence-electron chi connectivity index (χ4n) is 1.80. The van der Waals surface area contributed by atoms with Crippen LogP contribution < -0.4 is 4.74 Å². The SMILES string of the molecule is COC(=O)c1ccc2c(c1)[C@H](N=[N+]=[N-])CCO2. The van der Waals surface area contributed by atoms with Crippen LogP contribution in [0.25, 0.3) is 10.4 Å². The average molecular weight is 233 g/mol. The van der Waals surface area contributed by atoms with Gasteiger partial charge in [-0.05, 0) is 30.2 Å². The lowest BCUT2D eigenvalue weighted by atomic mass is 9.99. The molecule has 6 nitrogen and oxygen atoms in total. The molecule has 0 amide bonds. The van der Waals surface area contributed by atoms with E-state index in [1.54, 1.807) is 18.2 Å². The van der Waals surface area contributed by atoms with Crippen LogP contribution in [0.15, 0.2) is 23.3 Å². The van der Waals surface area contributed by atoms with Crippen LogP contribution in [0.4, 0.5) is 0 Å². The molecule has 0 saturated carbocycles. The lowest BCUT2D eigenvalue weighted by molar-refractivity contribution is 0.0600. The van der Waals surface area contributed by atoms with E-state index in [9.17, 15) is 4.79 Å². The maximum atomic E-state index is 11.4. The van der Waals surface area contributed by atoms with Gasteiger partial charge in [0, 0.05) is 10.5 Å². The Labute approximate surface area is 97.8 Å². The molecule has 1 aromatic rings. The van der Waals surface area contributed by atoms with Crippen molar-refractivity contribution in [1.29, 1.82) is 0 Å². The molecule has 1 aromatic carbocycles. The zero-order chi connectivity index (χ0) is 12.3. The molecule has 6 heteroatoms. The maximum absolute atomic E-state index is 11.4. The third-order valence-electron chi connectivity index (χ3n) is 2.63. The van der Waals surface area contributed by atoms with Crippen molar-refractivity contribution in [3.63, 3.8) is 0 Å². The monoisotopic (exact) mass is 233 g/mol. The van der Waals surface area contributed by atoms with Crippen LogP contribution in [0, 0.1) is 0 Å². The van der Waals surface area contributed by atoms with Gasteiger partial charge in [0.05, 0.1) is 25.3 Å². The Morgan fingerprint density at radius 2 is 2.47 bits per heavy atom. The number of carbonyl (C=O) groups is 1. The highest BCUT2D eigenvalue weighted by molar-refractivity contribution is 5.89. The van der Waals surface area contributed by atoms with Crippen molar-refractivity contribution in [3.8, 4) is 5.75 Å². The van der Waals surface area contributed by atoms with E-state index in [0.29, 0.717) is 24.3 Å². The first-order chi connectivity index (χ1) is 8.26. The molecule has 88 valence electrons. The van der Waals surface area contributed by atoms with Crippen LogP contribution in [0.5, 0.6) is 5.75 Å². The Bertz CT molecular complexity index is 495. The largest absolute Gasteiger partial charge is 0.493 e. The minimum atomic E-state index is -0.418. The zero-order valence-corrected chi connectivity index (χ0v) is 9.29. The van der Waals surface area contributed by atoms with Gasteiger partial charge in [0.15, 0.2) is 0 Å². The van der Waals surface area contributed by atoms with Crippen molar-refractivity contribution in [1.82, 2.24) is 0 Å². The second kappa shape index (κ2) is 4.76. The summed E-state index contributed by atoms with van der Waals surface area (Å²) in [7, 11) is 1.32. The summed E-state index contributed by atoms with van der Waals surface area (Å²) in [5.41, 5.74) is 9.65. The molecule has 0 aromatic heterocycles. The molecule has 2 rings (SSSR count). The minimum absolute atomic E-state index is 0.284. The van der Waals surface area contributed by atoms with E-state index in [0.717, 1.165) is 5.56 Å². The molecule has 0 aliphatic carbocycles. The van der Waals surface area contributed by atoms with Crippen LogP contribution in [0.3, 0.4) is 0 Å². The van der Waals surface area contributed by atoms with Crippen molar-refractivity contribution in [2.75, 3.05) is 13.7 Å². The van der Waals surface area contributed by atoms with E-state index in [-0.39, 0.29) is 6.04 Å². The second-order valence-electron chi connectivity index (χ2n) is 3.60. The first-order valence-corrected chi connectivity index (χ1v) is 5.15. The Hall–Kier alpha value is -2.20. The standard InChI is InChI=1S/C11H11N3O3/c1-16-11(15)7-2-3-10-8(6-7)9(13-14-12)4-5-17-10/h2-3,6,9H,4-5H2,1H3/t9-/m1/s1. The lowest BCUT2D eigenvalue weighted by Crippen LogP contribution is -2.13. The Morgan fingerprint density at radius 3 is 3.18 bits per heavy atom. The van der Waals surface area contributed by atoms with Gasteiger partial charge in [-0.2, -0.15) is 0 Å². The summed E-state index contributed by atoms with van der Waals surface area (Å²) < 4.78 is 10.1. The molecule has 0 N–H and O–H groups in total. The van der Waals surface area contributed by atoms with Gasteiger partial charge in [-0.15, -0.1) is 0 Å². The van der Waals surface area contributed by atoms with Gasteiger partial charge in [0.1, 0.15) is 5.75 Å². The molecule has 0 bridgehead atoms. The molecule has 0 radical (unpaired) electrons. The number of hydrogen-bond acceptors (Lipinski definition) is 4. The summed E-state index contributed by atoms with van der Waals surface area (Å²) in [6.07, 6.45) is 0.613. The molecule has 17 heavy (non-hydrogen) atoms. The van der Waals surface area contributed by atoms with Gasteiger partial charge >= 0.3 is 5.97 Å². The predicted octanol–water partition coefficient (Wildman–Crippen LogP) is 2.61. The van der Waals surface area contributed by atoms with E-state index in [1.165, 1.54) is 7.11 Å². The highest BCUT2D eigenvalue weighted by Gasteiger charge is 2.22. The van der Waals surface area contributed by atoms with Crippen molar-refractivity contribution in [2.45, 2.75) is 12.5 Å². The summed E-state index contributed by atoms with van der Waals surface area (Å²) in [4.78, 5) is 14.2. The van der Waals surface area contributed by atoms with E-state index < -0.39 is 5.97 Å². The third kappa shape index (κ3) is 2.16. The van der Waals surface area contributed by atoms with Crippen LogP contribution in [0.1, 0.15) is 28.4 Å². The molecule has 0 unspecified atom stereocenters. The Morgan fingerprint density at radius 1 is 1.65 bits per heavy atom. The average Bonchev–Trinajstić information content (AvgIpc) is 2.38. The number of rotatable bonds is 2. The Kier molecular flexibility index (Phi) is 3.16. The van der Waals surface area contributed by atoms with Gasteiger partial charge in [-0.25, -0.2) is 4.79 Å². The first kappa shape index (κ1) is 11.3. The quantitative estimate of drug-likeness (QED) is 0.340. The molecule has 0 spiro atoms. The first-order valence-electron chi connectivity index (χ1n) is 5.15. The number of esters is 1. The van der Waals surface area contributed by atoms with E-state index in [4.69, 9.17) is 10.3 Å². The van der Waals surface area contributed by atoms with E-state index in [1.807, 2.05) is 0 Å². The van der Waals surface area contributed by atoms with Crippen LogP contribution in [-0.4, -0.2) is 19.7 Å². The number of fused-ring (bicyclic) bond motifs is 1. The number of ether oxygens (including phenoxy) is 2. The topological polar surface area (TPSA) is 84.3 Å². The van der Waals surface area contributed by atoms with Crippen molar-refractivity contribution in [3.05, 3.63) is 39.8 Å². The number of carbonyl (C=O) groups excluding carboxylic acids is 1. The van der Waals surface area contributed by atoms with E-state index >= 15 is 0 Å². The van der Waals surface area contributed by atoms with Crippen LogP contribution >= 0.6 is 0 Å². The summed E-state index contributed by atoms with van der Waals surface area (Å²) in [5, 5.41) is 3.70. The number of hydrogen-bond donors (Lipinski definition) is 0. The van der Waals surface area contributed by atoms with Gasteiger partial charge in [-0.3, -0.25) is 0 Å². The van der Waals surface area contributed by atoms with Crippen molar-refractivity contribution >= 4 is 5.97 Å². The lowest BCUT2D eigenvalue weighted by Gasteiger charge is -2.22. The van der Waals surface area contributed by atoms with Crippen LogP contribution in [0.2, 0.25) is 0 Å². The fourth-order valence-corrected chi connectivity index (χ4v) is 1.80. The highest BCUT2D eigenvalue weighted by Crippen LogP contribution is 2.35. The number of methoxy groups -OCH3 is 1. The molecular formula is C11H11N3O3. The Balaban J connectivity index is 2.43.